The van der Waals surface area contributed by atoms with Gasteiger partial charge in [0.25, 0.3) is 0 Å². The van der Waals surface area contributed by atoms with Crippen molar-refractivity contribution in [1.82, 2.24) is 5.32 Å². The van der Waals surface area contributed by atoms with E-state index >= 15 is 0 Å². The summed E-state index contributed by atoms with van der Waals surface area (Å²) in [4.78, 5) is 11.2. The van der Waals surface area contributed by atoms with Crippen LogP contribution in [0.4, 0.5) is 0 Å². The van der Waals surface area contributed by atoms with E-state index in [1.165, 1.54) is 6.26 Å². The van der Waals surface area contributed by atoms with Crippen LogP contribution in [0.3, 0.4) is 0 Å². The summed E-state index contributed by atoms with van der Waals surface area (Å²) in [6, 6.07) is 3.45. The molecule has 0 atom stereocenters. The van der Waals surface area contributed by atoms with Crippen LogP contribution < -0.4 is 5.32 Å². The molecule has 1 rings (SSSR count). The first-order chi connectivity index (χ1) is 6.97. The maximum Gasteiger partial charge on any atom is 0.221 e. The van der Waals surface area contributed by atoms with Crippen LogP contribution in [0, 0.1) is 0 Å². The number of carbonyl (C=O) groups excluding carboxylic acids is 1. The zero-order valence-electron chi connectivity index (χ0n) is 8.39. The van der Waals surface area contributed by atoms with Gasteiger partial charge in [-0.2, -0.15) is 0 Å². The number of rotatable bonds is 5. The van der Waals surface area contributed by atoms with Crippen molar-refractivity contribution in [3.8, 4) is 0 Å². The molecule has 0 unspecified atom stereocenters. The molecule has 6 heteroatoms. The van der Waals surface area contributed by atoms with Gasteiger partial charge in [-0.1, -0.05) is 0 Å². The number of hydrogen-bond donors (Lipinski definition) is 1. The second-order valence-corrected chi connectivity index (χ2v) is 5.50. The van der Waals surface area contributed by atoms with Gasteiger partial charge in [0.1, 0.15) is 15.6 Å². The van der Waals surface area contributed by atoms with Gasteiger partial charge in [-0.3, -0.25) is 4.79 Å². The molecule has 0 saturated heterocycles. The topological polar surface area (TPSA) is 76.4 Å². The Hall–Kier alpha value is -1.30. The lowest BCUT2D eigenvalue weighted by Gasteiger charge is -2.01. The highest BCUT2D eigenvalue weighted by Crippen LogP contribution is 1.98. The van der Waals surface area contributed by atoms with E-state index in [4.69, 9.17) is 4.42 Å². The molecule has 84 valence electrons. The standard InChI is InChI=1S/C9H13NO4S/c1-15(12,13)6-4-9(11)10-7-8-3-2-5-14-8/h2-3,5H,4,6-7H2,1H3,(H,10,11). The zero-order chi connectivity index (χ0) is 11.3. The highest BCUT2D eigenvalue weighted by atomic mass is 32.2. The second kappa shape index (κ2) is 4.97. The van der Waals surface area contributed by atoms with E-state index in [2.05, 4.69) is 5.32 Å². The van der Waals surface area contributed by atoms with Crippen LogP contribution in [-0.2, 0) is 21.2 Å². The third kappa shape index (κ3) is 5.21. The van der Waals surface area contributed by atoms with Gasteiger partial charge in [-0.25, -0.2) is 8.42 Å². The number of sulfone groups is 1. The van der Waals surface area contributed by atoms with Gasteiger partial charge < -0.3 is 9.73 Å². The summed E-state index contributed by atoms with van der Waals surface area (Å²) in [5.41, 5.74) is 0. The van der Waals surface area contributed by atoms with E-state index < -0.39 is 9.84 Å². The Labute approximate surface area is 88.4 Å². The minimum atomic E-state index is -3.08. The molecule has 0 aromatic carbocycles. The first-order valence-corrected chi connectivity index (χ1v) is 6.50. The summed E-state index contributed by atoms with van der Waals surface area (Å²) in [6.07, 6.45) is 2.60. The third-order valence-electron chi connectivity index (χ3n) is 1.74. The van der Waals surface area contributed by atoms with Crippen LogP contribution in [0.15, 0.2) is 22.8 Å². The van der Waals surface area contributed by atoms with Gasteiger partial charge in [0.2, 0.25) is 5.91 Å². The van der Waals surface area contributed by atoms with Crippen LogP contribution >= 0.6 is 0 Å². The first kappa shape index (κ1) is 11.8. The Morgan fingerprint density at radius 2 is 2.27 bits per heavy atom. The average Bonchev–Trinajstić information content (AvgIpc) is 2.62. The predicted octanol–water partition coefficient (Wildman–Crippen LogP) is 0.330. The Morgan fingerprint density at radius 3 is 2.80 bits per heavy atom. The fourth-order valence-electron chi connectivity index (χ4n) is 0.965. The lowest BCUT2D eigenvalue weighted by molar-refractivity contribution is -0.120. The number of nitrogens with one attached hydrogen (secondary N) is 1. The zero-order valence-corrected chi connectivity index (χ0v) is 9.21. The van der Waals surface area contributed by atoms with Gasteiger partial charge in [0.05, 0.1) is 18.6 Å². The molecule has 0 aliphatic carbocycles. The monoisotopic (exact) mass is 231 g/mol. The Morgan fingerprint density at radius 1 is 1.53 bits per heavy atom. The van der Waals surface area contributed by atoms with E-state index in [1.54, 1.807) is 12.1 Å². The van der Waals surface area contributed by atoms with Gasteiger partial charge in [0, 0.05) is 12.7 Å². The fraction of sp³-hybridized carbons (Fsp3) is 0.444. The molecule has 1 aromatic heterocycles. The van der Waals surface area contributed by atoms with Crippen molar-refractivity contribution >= 4 is 15.7 Å². The van der Waals surface area contributed by atoms with Crippen molar-refractivity contribution in [1.29, 1.82) is 0 Å². The summed E-state index contributed by atoms with van der Waals surface area (Å²) in [6.45, 7) is 0.287. The molecular formula is C9H13NO4S. The summed E-state index contributed by atoms with van der Waals surface area (Å²) in [5, 5.41) is 2.56. The molecular weight excluding hydrogens is 218 g/mol. The Kier molecular flexibility index (Phi) is 3.90. The van der Waals surface area contributed by atoms with Crippen molar-refractivity contribution in [2.75, 3.05) is 12.0 Å². The Balaban J connectivity index is 2.25. The molecule has 1 heterocycles. The highest BCUT2D eigenvalue weighted by Gasteiger charge is 2.07. The van der Waals surface area contributed by atoms with Crippen LogP contribution in [0.25, 0.3) is 0 Å². The van der Waals surface area contributed by atoms with Crippen LogP contribution in [0.5, 0.6) is 0 Å². The number of carbonyl (C=O) groups is 1. The lowest BCUT2D eigenvalue weighted by atomic mass is 10.4. The molecule has 15 heavy (non-hydrogen) atoms. The molecule has 0 spiro atoms. The minimum absolute atomic E-state index is 0.0143. The van der Waals surface area contributed by atoms with E-state index in [-0.39, 0.29) is 24.6 Å². The smallest absolute Gasteiger partial charge is 0.221 e. The lowest BCUT2D eigenvalue weighted by Crippen LogP contribution is -2.24. The normalized spacial score (nSPS) is 11.3. The van der Waals surface area contributed by atoms with Gasteiger partial charge >= 0.3 is 0 Å². The maximum absolute atomic E-state index is 11.2. The Bertz CT molecular complexity index is 407. The number of amides is 1. The molecule has 0 aliphatic rings. The molecule has 1 N–H and O–H groups in total. The molecule has 1 amide bonds. The van der Waals surface area contributed by atoms with Crippen molar-refractivity contribution in [2.45, 2.75) is 13.0 Å². The maximum atomic E-state index is 11.2. The van der Waals surface area contributed by atoms with E-state index in [0.29, 0.717) is 5.76 Å². The molecule has 5 nitrogen and oxygen atoms in total. The quantitative estimate of drug-likeness (QED) is 0.792. The molecule has 0 saturated carbocycles. The van der Waals surface area contributed by atoms with Gasteiger partial charge in [-0.05, 0) is 12.1 Å². The van der Waals surface area contributed by atoms with Crippen LogP contribution in [0.1, 0.15) is 12.2 Å². The predicted molar refractivity (Wildman–Crippen MR) is 54.9 cm³/mol. The summed E-state index contributed by atoms with van der Waals surface area (Å²) in [7, 11) is -3.08. The first-order valence-electron chi connectivity index (χ1n) is 4.44. The van der Waals surface area contributed by atoms with Crippen molar-refractivity contribution in [2.24, 2.45) is 0 Å². The highest BCUT2D eigenvalue weighted by molar-refractivity contribution is 7.90. The number of hydrogen-bond acceptors (Lipinski definition) is 4. The molecule has 0 fully saturated rings. The molecule has 0 aliphatic heterocycles. The third-order valence-corrected chi connectivity index (χ3v) is 2.69. The van der Waals surface area contributed by atoms with Crippen molar-refractivity contribution in [3.63, 3.8) is 0 Å². The molecule has 0 radical (unpaired) electrons. The van der Waals surface area contributed by atoms with Gasteiger partial charge in [-0.15, -0.1) is 0 Å². The molecule has 0 bridgehead atoms. The van der Waals surface area contributed by atoms with Gasteiger partial charge in [0.15, 0.2) is 0 Å². The van der Waals surface area contributed by atoms with E-state index in [9.17, 15) is 13.2 Å². The average molecular weight is 231 g/mol. The largest absolute Gasteiger partial charge is 0.467 e. The van der Waals surface area contributed by atoms with Crippen molar-refractivity contribution < 1.29 is 17.6 Å². The second-order valence-electron chi connectivity index (χ2n) is 3.24. The summed E-state index contributed by atoms with van der Waals surface area (Å²) >= 11 is 0. The fourth-order valence-corrected chi connectivity index (χ4v) is 1.52. The van der Waals surface area contributed by atoms with Crippen LogP contribution in [-0.4, -0.2) is 26.3 Å². The number of furan rings is 1. The SMILES string of the molecule is CS(=O)(=O)CCC(=O)NCc1ccco1. The van der Waals surface area contributed by atoms with Crippen LogP contribution in [0.2, 0.25) is 0 Å². The van der Waals surface area contributed by atoms with Crippen molar-refractivity contribution in [3.05, 3.63) is 24.2 Å². The summed E-state index contributed by atoms with van der Waals surface area (Å²) < 4.78 is 26.5. The minimum Gasteiger partial charge on any atom is -0.467 e. The van der Waals surface area contributed by atoms with E-state index in [1.807, 2.05) is 0 Å². The van der Waals surface area contributed by atoms with E-state index in [0.717, 1.165) is 6.26 Å². The summed E-state index contributed by atoms with van der Waals surface area (Å²) in [5.74, 6) is 0.219. The molecule has 1 aromatic rings.